The Morgan fingerprint density at radius 1 is 1.42 bits per heavy atom. The number of nitrogens with one attached hydrogen (secondary N) is 1. The standard InChI is InChI=1S/C6H9ClF3NO/c7-3-4-11-5(12)1-2-6(8,9)10/h1-4H2,(H,11,12). The van der Waals surface area contributed by atoms with Gasteiger partial charge < -0.3 is 5.32 Å². The van der Waals surface area contributed by atoms with E-state index in [0.29, 0.717) is 0 Å². The predicted octanol–water partition coefficient (Wildman–Crippen LogP) is 1.68. The molecule has 0 unspecified atom stereocenters. The van der Waals surface area contributed by atoms with Crippen LogP contribution in [-0.4, -0.2) is 24.5 Å². The van der Waals surface area contributed by atoms with Crippen LogP contribution >= 0.6 is 11.6 Å². The second kappa shape index (κ2) is 5.24. The molecule has 6 heteroatoms. The lowest BCUT2D eigenvalue weighted by molar-refractivity contribution is -0.144. The zero-order valence-corrected chi connectivity index (χ0v) is 7.00. The minimum atomic E-state index is -4.27. The smallest absolute Gasteiger partial charge is 0.355 e. The molecule has 0 spiro atoms. The highest BCUT2D eigenvalue weighted by Gasteiger charge is 2.27. The summed E-state index contributed by atoms with van der Waals surface area (Å²) in [5.74, 6) is -0.412. The molecule has 72 valence electrons. The van der Waals surface area contributed by atoms with Crippen LogP contribution in [-0.2, 0) is 4.79 Å². The highest BCUT2D eigenvalue weighted by Crippen LogP contribution is 2.20. The van der Waals surface area contributed by atoms with Crippen molar-refractivity contribution in [1.82, 2.24) is 5.32 Å². The molecule has 0 aliphatic heterocycles. The quantitative estimate of drug-likeness (QED) is 0.692. The second-order valence-corrected chi connectivity index (χ2v) is 2.53. The van der Waals surface area contributed by atoms with Crippen molar-refractivity contribution in [2.45, 2.75) is 19.0 Å². The summed E-state index contributed by atoms with van der Waals surface area (Å²) in [5, 5.41) is 2.23. The van der Waals surface area contributed by atoms with Crippen molar-refractivity contribution in [2.75, 3.05) is 12.4 Å². The molecule has 1 N–H and O–H groups in total. The van der Waals surface area contributed by atoms with Gasteiger partial charge in [0.05, 0.1) is 6.42 Å². The summed E-state index contributed by atoms with van der Waals surface area (Å²) < 4.78 is 34.6. The molecule has 0 heterocycles. The van der Waals surface area contributed by atoms with Gasteiger partial charge >= 0.3 is 6.18 Å². The van der Waals surface area contributed by atoms with Crippen LogP contribution in [0.4, 0.5) is 13.2 Å². The van der Waals surface area contributed by atoms with Crippen LogP contribution in [0.1, 0.15) is 12.8 Å². The SMILES string of the molecule is O=C(CCC(F)(F)F)NCCCl. The summed E-state index contributed by atoms with van der Waals surface area (Å²) in [6, 6.07) is 0. The Morgan fingerprint density at radius 2 is 2.00 bits per heavy atom. The number of halogens is 4. The molecule has 0 saturated heterocycles. The van der Waals surface area contributed by atoms with Gasteiger partial charge in [-0.1, -0.05) is 0 Å². The molecular formula is C6H9ClF3NO. The van der Waals surface area contributed by atoms with Crippen molar-refractivity contribution < 1.29 is 18.0 Å². The van der Waals surface area contributed by atoms with Crippen LogP contribution in [0.5, 0.6) is 0 Å². The molecule has 0 saturated carbocycles. The van der Waals surface area contributed by atoms with E-state index in [1.54, 1.807) is 0 Å². The lowest BCUT2D eigenvalue weighted by Gasteiger charge is -2.05. The Bertz CT molecular complexity index is 148. The molecule has 0 aliphatic rings. The fourth-order valence-electron chi connectivity index (χ4n) is 0.530. The van der Waals surface area contributed by atoms with Gasteiger partial charge in [0.1, 0.15) is 0 Å². The van der Waals surface area contributed by atoms with Crippen LogP contribution in [0.2, 0.25) is 0 Å². The van der Waals surface area contributed by atoms with E-state index in [-0.39, 0.29) is 12.4 Å². The molecule has 0 aromatic heterocycles. The first kappa shape index (κ1) is 11.6. The Balaban J connectivity index is 3.44. The molecule has 0 atom stereocenters. The molecule has 0 bridgehead atoms. The third-order valence-corrected chi connectivity index (χ3v) is 1.24. The zero-order valence-electron chi connectivity index (χ0n) is 6.25. The third-order valence-electron chi connectivity index (χ3n) is 1.05. The average molecular weight is 204 g/mol. The lowest BCUT2D eigenvalue weighted by atomic mass is 10.3. The Labute approximate surface area is 73.1 Å². The maximum atomic E-state index is 11.5. The maximum Gasteiger partial charge on any atom is 0.389 e. The maximum absolute atomic E-state index is 11.5. The van der Waals surface area contributed by atoms with Gasteiger partial charge in [0.25, 0.3) is 0 Å². The van der Waals surface area contributed by atoms with Crippen molar-refractivity contribution in [1.29, 1.82) is 0 Å². The monoisotopic (exact) mass is 203 g/mol. The first-order valence-electron chi connectivity index (χ1n) is 3.35. The minimum absolute atomic E-state index is 0.206. The van der Waals surface area contributed by atoms with Crippen molar-refractivity contribution in [3.05, 3.63) is 0 Å². The van der Waals surface area contributed by atoms with Crippen molar-refractivity contribution in [3.8, 4) is 0 Å². The molecule has 0 aliphatic carbocycles. The lowest BCUT2D eigenvalue weighted by Crippen LogP contribution is -2.26. The summed E-state index contributed by atoms with van der Waals surface area (Å²) in [6.45, 7) is 0.207. The van der Waals surface area contributed by atoms with Crippen LogP contribution in [0.3, 0.4) is 0 Å². The molecule has 0 fully saturated rings. The van der Waals surface area contributed by atoms with Crippen LogP contribution in [0, 0.1) is 0 Å². The number of hydrogen-bond acceptors (Lipinski definition) is 1. The third kappa shape index (κ3) is 7.65. The van der Waals surface area contributed by atoms with Crippen LogP contribution in [0.15, 0.2) is 0 Å². The van der Waals surface area contributed by atoms with Gasteiger partial charge in [-0.2, -0.15) is 13.2 Å². The van der Waals surface area contributed by atoms with E-state index < -0.39 is 24.9 Å². The van der Waals surface area contributed by atoms with E-state index in [1.807, 2.05) is 0 Å². The fraction of sp³-hybridized carbons (Fsp3) is 0.833. The molecule has 1 amide bonds. The molecule has 12 heavy (non-hydrogen) atoms. The van der Waals surface area contributed by atoms with Gasteiger partial charge in [-0.25, -0.2) is 0 Å². The van der Waals surface area contributed by atoms with Gasteiger partial charge in [0, 0.05) is 18.8 Å². The molecule has 0 radical (unpaired) electrons. The molecule has 2 nitrogen and oxygen atoms in total. The topological polar surface area (TPSA) is 29.1 Å². The van der Waals surface area contributed by atoms with Crippen molar-refractivity contribution in [2.24, 2.45) is 0 Å². The molecule has 0 aromatic carbocycles. The summed E-state index contributed by atoms with van der Waals surface area (Å²) >= 11 is 5.20. The Kier molecular flexibility index (Phi) is 5.04. The van der Waals surface area contributed by atoms with Crippen molar-refractivity contribution >= 4 is 17.5 Å². The highest BCUT2D eigenvalue weighted by atomic mass is 35.5. The zero-order chi connectivity index (χ0) is 9.61. The summed E-state index contributed by atoms with van der Waals surface area (Å²) in [4.78, 5) is 10.6. The normalized spacial score (nSPS) is 11.3. The highest BCUT2D eigenvalue weighted by molar-refractivity contribution is 6.18. The van der Waals surface area contributed by atoms with Gasteiger partial charge in [0.15, 0.2) is 0 Å². The number of carbonyl (C=O) groups is 1. The van der Waals surface area contributed by atoms with Gasteiger partial charge in [-0.3, -0.25) is 4.79 Å². The predicted molar refractivity (Wildman–Crippen MR) is 39.0 cm³/mol. The Hall–Kier alpha value is -0.450. The van der Waals surface area contributed by atoms with Gasteiger partial charge in [-0.05, 0) is 0 Å². The molecule has 0 rings (SSSR count). The van der Waals surface area contributed by atoms with E-state index in [0.717, 1.165) is 0 Å². The summed E-state index contributed by atoms with van der Waals surface area (Å²) in [7, 11) is 0. The fourth-order valence-corrected chi connectivity index (χ4v) is 0.625. The number of rotatable bonds is 4. The number of amides is 1. The number of carbonyl (C=O) groups excluding carboxylic acids is 1. The van der Waals surface area contributed by atoms with E-state index in [1.165, 1.54) is 0 Å². The Morgan fingerprint density at radius 3 is 2.42 bits per heavy atom. The van der Waals surface area contributed by atoms with Gasteiger partial charge in [-0.15, -0.1) is 11.6 Å². The molecule has 0 aromatic rings. The summed E-state index contributed by atoms with van der Waals surface area (Å²) in [5.41, 5.74) is 0. The van der Waals surface area contributed by atoms with E-state index in [2.05, 4.69) is 5.32 Å². The molecular weight excluding hydrogens is 195 g/mol. The first-order chi connectivity index (χ1) is 5.45. The number of alkyl halides is 4. The van der Waals surface area contributed by atoms with Crippen LogP contribution in [0.25, 0.3) is 0 Å². The summed E-state index contributed by atoms with van der Waals surface area (Å²) in [6.07, 6.45) is -5.88. The van der Waals surface area contributed by atoms with Gasteiger partial charge in [0.2, 0.25) is 5.91 Å². The minimum Gasteiger partial charge on any atom is -0.355 e. The number of hydrogen-bond donors (Lipinski definition) is 1. The van der Waals surface area contributed by atoms with E-state index >= 15 is 0 Å². The van der Waals surface area contributed by atoms with Crippen LogP contribution < -0.4 is 5.32 Å². The average Bonchev–Trinajstić information content (AvgIpc) is 1.95. The largest absolute Gasteiger partial charge is 0.389 e. The van der Waals surface area contributed by atoms with Crippen molar-refractivity contribution in [3.63, 3.8) is 0 Å². The van der Waals surface area contributed by atoms with E-state index in [9.17, 15) is 18.0 Å². The second-order valence-electron chi connectivity index (χ2n) is 2.15. The first-order valence-corrected chi connectivity index (χ1v) is 3.88. The van der Waals surface area contributed by atoms with E-state index in [4.69, 9.17) is 11.6 Å².